The van der Waals surface area contributed by atoms with Crippen LogP contribution in [0.25, 0.3) is 0 Å². The summed E-state index contributed by atoms with van der Waals surface area (Å²) in [6.45, 7) is 4.87. The van der Waals surface area contributed by atoms with E-state index in [4.69, 9.17) is 0 Å². The summed E-state index contributed by atoms with van der Waals surface area (Å²) < 4.78 is 28.6. The zero-order valence-corrected chi connectivity index (χ0v) is 14.8. The summed E-state index contributed by atoms with van der Waals surface area (Å²) in [7, 11) is -3.40. The lowest BCUT2D eigenvalue weighted by atomic mass is 10.0. The highest BCUT2D eigenvalue weighted by atomic mass is 79.9. The largest absolute Gasteiger partial charge is 0.313 e. The molecule has 0 spiro atoms. The minimum absolute atomic E-state index is 0. The normalized spacial score (nSPS) is 23.9. The van der Waals surface area contributed by atoms with E-state index in [1.165, 1.54) is 11.3 Å². The van der Waals surface area contributed by atoms with Gasteiger partial charge in [0, 0.05) is 12.1 Å². The average molecular weight is 390 g/mol. The molecule has 1 saturated heterocycles. The van der Waals surface area contributed by atoms with Gasteiger partial charge in [0.1, 0.15) is 4.21 Å². The van der Waals surface area contributed by atoms with Crippen molar-refractivity contribution < 1.29 is 8.42 Å². The SMILES string of the molecule is Cc1cc(S(=O)(=O)NC2CCCNC2C)sc1Br.Cl. The summed E-state index contributed by atoms with van der Waals surface area (Å²) in [5, 5.41) is 3.29. The van der Waals surface area contributed by atoms with Gasteiger partial charge in [-0.2, -0.15) is 0 Å². The molecule has 1 aromatic heterocycles. The average Bonchev–Trinajstić information content (AvgIpc) is 2.63. The Hall–Kier alpha value is 0.340. The second kappa shape index (κ2) is 6.87. The molecule has 2 rings (SSSR count). The van der Waals surface area contributed by atoms with E-state index >= 15 is 0 Å². The molecule has 110 valence electrons. The Bertz CT molecular complexity index is 513. The van der Waals surface area contributed by atoms with E-state index in [0.29, 0.717) is 4.21 Å². The van der Waals surface area contributed by atoms with Crippen LogP contribution in [-0.4, -0.2) is 27.0 Å². The molecule has 1 fully saturated rings. The van der Waals surface area contributed by atoms with E-state index in [-0.39, 0.29) is 24.5 Å². The number of hydrogen-bond acceptors (Lipinski definition) is 4. The van der Waals surface area contributed by atoms with Gasteiger partial charge in [-0.1, -0.05) is 0 Å². The number of piperidine rings is 1. The molecule has 19 heavy (non-hydrogen) atoms. The monoisotopic (exact) mass is 388 g/mol. The molecule has 0 saturated carbocycles. The van der Waals surface area contributed by atoms with Crippen LogP contribution in [0.5, 0.6) is 0 Å². The van der Waals surface area contributed by atoms with Gasteiger partial charge in [-0.15, -0.1) is 23.7 Å². The maximum absolute atomic E-state index is 12.3. The first-order valence-electron chi connectivity index (χ1n) is 5.92. The molecule has 2 N–H and O–H groups in total. The molecule has 2 atom stereocenters. The molecule has 0 bridgehead atoms. The van der Waals surface area contributed by atoms with Crippen LogP contribution < -0.4 is 10.0 Å². The van der Waals surface area contributed by atoms with Crippen molar-refractivity contribution in [3.05, 3.63) is 15.4 Å². The minimum atomic E-state index is -3.40. The lowest BCUT2D eigenvalue weighted by molar-refractivity contribution is 0.349. The van der Waals surface area contributed by atoms with Crippen LogP contribution in [0.3, 0.4) is 0 Å². The van der Waals surface area contributed by atoms with Crippen molar-refractivity contribution in [1.29, 1.82) is 0 Å². The van der Waals surface area contributed by atoms with Crippen LogP contribution in [0.4, 0.5) is 0 Å². The number of halogens is 2. The third kappa shape index (κ3) is 4.15. The Morgan fingerprint density at radius 2 is 2.21 bits per heavy atom. The summed E-state index contributed by atoms with van der Waals surface area (Å²) in [4.78, 5) is 0. The summed E-state index contributed by atoms with van der Waals surface area (Å²) in [6, 6.07) is 1.86. The van der Waals surface area contributed by atoms with E-state index in [1.807, 2.05) is 13.8 Å². The van der Waals surface area contributed by atoms with E-state index in [9.17, 15) is 8.42 Å². The van der Waals surface area contributed by atoms with Crippen molar-refractivity contribution in [1.82, 2.24) is 10.0 Å². The van der Waals surface area contributed by atoms with Crippen LogP contribution in [0, 0.1) is 6.92 Å². The summed E-state index contributed by atoms with van der Waals surface area (Å²) in [5.41, 5.74) is 0.954. The second-order valence-electron chi connectivity index (χ2n) is 4.63. The number of aryl methyl sites for hydroxylation is 1. The van der Waals surface area contributed by atoms with Gasteiger partial charge in [-0.3, -0.25) is 0 Å². The molecule has 1 aromatic rings. The van der Waals surface area contributed by atoms with Crippen LogP contribution in [-0.2, 0) is 10.0 Å². The summed E-state index contributed by atoms with van der Waals surface area (Å²) >= 11 is 4.62. The first kappa shape index (κ1) is 17.4. The molecule has 2 unspecified atom stereocenters. The van der Waals surface area contributed by atoms with Gasteiger partial charge in [0.25, 0.3) is 0 Å². The Morgan fingerprint density at radius 3 is 2.74 bits per heavy atom. The quantitative estimate of drug-likeness (QED) is 0.835. The van der Waals surface area contributed by atoms with Crippen LogP contribution >= 0.6 is 39.7 Å². The van der Waals surface area contributed by atoms with Gasteiger partial charge < -0.3 is 5.32 Å². The Balaban J connectivity index is 0.00000180. The Labute approximate surface area is 133 Å². The van der Waals surface area contributed by atoms with Crippen molar-refractivity contribution in [2.24, 2.45) is 0 Å². The Kier molecular flexibility index (Phi) is 6.28. The van der Waals surface area contributed by atoms with E-state index in [1.54, 1.807) is 6.07 Å². The van der Waals surface area contributed by atoms with Gasteiger partial charge in [0.2, 0.25) is 10.0 Å². The number of hydrogen-bond donors (Lipinski definition) is 2. The van der Waals surface area contributed by atoms with Crippen LogP contribution in [0.1, 0.15) is 25.3 Å². The van der Waals surface area contributed by atoms with E-state index in [0.717, 1.165) is 28.7 Å². The fourth-order valence-corrected chi connectivity index (χ4v) is 5.62. The fourth-order valence-electron chi connectivity index (χ4n) is 2.03. The molecule has 0 amide bonds. The van der Waals surface area contributed by atoms with E-state index < -0.39 is 10.0 Å². The highest BCUT2D eigenvalue weighted by Crippen LogP contribution is 2.30. The van der Waals surface area contributed by atoms with Crippen molar-refractivity contribution in [2.75, 3.05) is 6.54 Å². The van der Waals surface area contributed by atoms with Crippen LogP contribution in [0.15, 0.2) is 14.1 Å². The van der Waals surface area contributed by atoms with Gasteiger partial charge >= 0.3 is 0 Å². The maximum Gasteiger partial charge on any atom is 0.250 e. The number of rotatable bonds is 3. The second-order valence-corrected chi connectivity index (χ2v) is 8.95. The molecule has 8 heteroatoms. The summed E-state index contributed by atoms with van der Waals surface area (Å²) in [5.74, 6) is 0. The van der Waals surface area contributed by atoms with Gasteiger partial charge in [0.05, 0.1) is 3.79 Å². The maximum atomic E-state index is 12.3. The third-order valence-electron chi connectivity index (χ3n) is 3.17. The highest BCUT2D eigenvalue weighted by molar-refractivity contribution is 9.11. The number of nitrogens with one attached hydrogen (secondary N) is 2. The number of thiophene rings is 1. The van der Waals surface area contributed by atoms with Crippen molar-refractivity contribution in [3.63, 3.8) is 0 Å². The Morgan fingerprint density at radius 1 is 1.53 bits per heavy atom. The lowest BCUT2D eigenvalue weighted by Gasteiger charge is -2.30. The molecule has 0 radical (unpaired) electrons. The zero-order valence-electron chi connectivity index (χ0n) is 10.8. The summed E-state index contributed by atoms with van der Waals surface area (Å²) in [6.07, 6.45) is 1.89. The van der Waals surface area contributed by atoms with Crippen molar-refractivity contribution in [2.45, 2.75) is 43.0 Å². The van der Waals surface area contributed by atoms with Crippen LogP contribution in [0.2, 0.25) is 0 Å². The topological polar surface area (TPSA) is 58.2 Å². The third-order valence-corrected chi connectivity index (χ3v) is 7.27. The molecule has 1 aliphatic heterocycles. The van der Waals surface area contributed by atoms with Gasteiger partial charge in [-0.05, 0) is 60.8 Å². The number of sulfonamides is 1. The van der Waals surface area contributed by atoms with E-state index in [2.05, 4.69) is 26.0 Å². The molecule has 0 aromatic carbocycles. The minimum Gasteiger partial charge on any atom is -0.313 e. The van der Waals surface area contributed by atoms with Crippen molar-refractivity contribution >= 4 is 49.7 Å². The first-order valence-corrected chi connectivity index (χ1v) is 9.01. The zero-order chi connectivity index (χ0) is 13.3. The molecular formula is C11H18BrClN2O2S2. The lowest BCUT2D eigenvalue weighted by Crippen LogP contribution is -2.51. The molecule has 1 aliphatic rings. The van der Waals surface area contributed by atoms with Gasteiger partial charge in [0.15, 0.2) is 0 Å². The molecular weight excluding hydrogens is 372 g/mol. The predicted molar refractivity (Wildman–Crippen MR) is 84.8 cm³/mol. The fraction of sp³-hybridized carbons (Fsp3) is 0.636. The predicted octanol–water partition coefficient (Wildman–Crippen LogP) is 2.66. The standard InChI is InChI=1S/C11H17BrN2O2S2.ClH/c1-7-6-10(17-11(7)12)18(15,16)14-9-4-3-5-13-8(9)2;/h6,8-9,13-14H,3-5H2,1-2H3;1H. The van der Waals surface area contributed by atoms with Gasteiger partial charge in [-0.25, -0.2) is 13.1 Å². The first-order chi connectivity index (χ1) is 8.40. The molecule has 2 heterocycles. The molecule has 0 aliphatic carbocycles. The smallest absolute Gasteiger partial charge is 0.250 e. The molecule has 4 nitrogen and oxygen atoms in total. The highest BCUT2D eigenvalue weighted by Gasteiger charge is 2.27. The van der Waals surface area contributed by atoms with Crippen molar-refractivity contribution in [3.8, 4) is 0 Å².